The van der Waals surface area contributed by atoms with Crippen LogP contribution in [0.25, 0.3) is 0 Å². The van der Waals surface area contributed by atoms with E-state index in [1.54, 1.807) is 36.4 Å². The second-order valence-corrected chi connectivity index (χ2v) is 7.48. The summed E-state index contributed by atoms with van der Waals surface area (Å²) in [6, 6.07) is 11.9. The number of fused-ring (bicyclic) bond motifs is 1. The Kier molecular flexibility index (Phi) is 4.42. The van der Waals surface area contributed by atoms with E-state index in [9.17, 15) is 14.4 Å². The van der Waals surface area contributed by atoms with E-state index in [2.05, 4.69) is 10.5 Å². The number of benzene rings is 2. The number of imide groups is 1. The summed E-state index contributed by atoms with van der Waals surface area (Å²) in [5.41, 5.74) is 3.82. The molecule has 1 N–H and O–H groups in total. The molecule has 29 heavy (non-hydrogen) atoms. The van der Waals surface area contributed by atoms with Crippen LogP contribution in [-0.2, 0) is 24.7 Å². The van der Waals surface area contributed by atoms with Gasteiger partial charge < -0.3 is 4.74 Å². The topological polar surface area (TPSA) is 88.1 Å². The largest absolute Gasteiger partial charge is 0.464 e. The Hall–Kier alpha value is -3.19. The molecule has 2 aromatic rings. The number of hydrazone groups is 1. The third kappa shape index (κ3) is 2.57. The van der Waals surface area contributed by atoms with Crippen LogP contribution in [0.4, 0.5) is 5.69 Å². The Morgan fingerprint density at radius 1 is 1.17 bits per heavy atom. The number of methoxy groups -OCH3 is 1. The predicted octanol–water partition coefficient (Wildman–Crippen LogP) is 2.47. The van der Waals surface area contributed by atoms with Gasteiger partial charge in [0.2, 0.25) is 5.91 Å². The van der Waals surface area contributed by atoms with Gasteiger partial charge in [-0.05, 0) is 48.7 Å². The number of amides is 2. The van der Waals surface area contributed by atoms with Gasteiger partial charge in [-0.1, -0.05) is 35.9 Å². The van der Waals surface area contributed by atoms with E-state index in [1.807, 2.05) is 19.9 Å². The molecule has 148 valence electrons. The van der Waals surface area contributed by atoms with E-state index in [1.165, 1.54) is 7.11 Å². The molecule has 4 rings (SSSR count). The molecule has 0 aliphatic carbocycles. The molecule has 2 aliphatic rings. The van der Waals surface area contributed by atoms with Crippen molar-refractivity contribution in [2.24, 2.45) is 11.0 Å². The predicted molar refractivity (Wildman–Crippen MR) is 108 cm³/mol. The molecule has 2 aliphatic heterocycles. The summed E-state index contributed by atoms with van der Waals surface area (Å²) in [6.07, 6.45) is 0. The Bertz CT molecular complexity index is 1080. The third-order valence-corrected chi connectivity index (χ3v) is 5.83. The molecule has 0 radical (unpaired) electrons. The van der Waals surface area contributed by atoms with Crippen LogP contribution in [0.2, 0.25) is 5.02 Å². The standard InChI is InChI=1S/C21H18ClN3O4/c1-11-5-4-6-15(12(11)2)25-18(26)16-17(19(27)29-3)23-24-21(16,20(25)28)13-7-9-14(22)10-8-13/h4-10,16,24H,1-3H3/t16-,21+/m1/s1. The fourth-order valence-electron chi connectivity index (χ4n) is 3.90. The number of carbonyl (C=O) groups excluding carboxylic acids is 3. The molecule has 2 aromatic carbocycles. The minimum Gasteiger partial charge on any atom is -0.464 e. The zero-order chi connectivity index (χ0) is 20.9. The maximum atomic E-state index is 13.7. The number of halogens is 1. The van der Waals surface area contributed by atoms with Crippen LogP contribution in [0.15, 0.2) is 47.6 Å². The maximum Gasteiger partial charge on any atom is 0.355 e. The number of rotatable bonds is 3. The van der Waals surface area contributed by atoms with Crippen molar-refractivity contribution in [3.8, 4) is 0 Å². The van der Waals surface area contributed by atoms with Crippen molar-refractivity contribution in [1.29, 1.82) is 0 Å². The number of anilines is 1. The highest BCUT2D eigenvalue weighted by Gasteiger charge is 2.67. The first kappa shape index (κ1) is 19.1. The normalized spacial score (nSPS) is 23.0. The summed E-state index contributed by atoms with van der Waals surface area (Å²) < 4.78 is 4.80. The summed E-state index contributed by atoms with van der Waals surface area (Å²) >= 11 is 6.00. The number of hydrogen-bond donors (Lipinski definition) is 1. The SMILES string of the molecule is COC(=O)C1=NN[C@]2(c3ccc(Cl)cc3)C(=O)N(c3cccc(C)c3C)C(=O)[C@@H]12. The van der Waals surface area contributed by atoms with E-state index < -0.39 is 29.2 Å². The van der Waals surface area contributed by atoms with Gasteiger partial charge in [-0.3, -0.25) is 15.0 Å². The van der Waals surface area contributed by atoms with Gasteiger partial charge in [-0.15, -0.1) is 0 Å². The number of hydrogen-bond acceptors (Lipinski definition) is 6. The molecule has 2 atom stereocenters. The van der Waals surface area contributed by atoms with Crippen molar-refractivity contribution in [2.45, 2.75) is 19.4 Å². The van der Waals surface area contributed by atoms with Crippen molar-refractivity contribution < 1.29 is 19.1 Å². The minimum absolute atomic E-state index is 0.131. The minimum atomic E-state index is -1.54. The second-order valence-electron chi connectivity index (χ2n) is 7.05. The van der Waals surface area contributed by atoms with Gasteiger partial charge in [0.05, 0.1) is 12.8 Å². The highest BCUT2D eigenvalue weighted by molar-refractivity contribution is 6.47. The van der Waals surface area contributed by atoms with Gasteiger partial charge in [0.1, 0.15) is 5.92 Å². The van der Waals surface area contributed by atoms with Crippen LogP contribution in [0.3, 0.4) is 0 Å². The summed E-state index contributed by atoms with van der Waals surface area (Å²) in [7, 11) is 1.21. The second kappa shape index (κ2) is 6.70. The van der Waals surface area contributed by atoms with E-state index in [-0.39, 0.29) is 5.71 Å². The molecule has 0 saturated carbocycles. The van der Waals surface area contributed by atoms with Crippen LogP contribution in [0.5, 0.6) is 0 Å². The lowest BCUT2D eigenvalue weighted by molar-refractivity contribution is -0.133. The Morgan fingerprint density at radius 3 is 2.52 bits per heavy atom. The van der Waals surface area contributed by atoms with Gasteiger partial charge in [0, 0.05) is 5.02 Å². The Balaban J connectivity index is 1.92. The van der Waals surface area contributed by atoms with Gasteiger partial charge in [0.25, 0.3) is 5.91 Å². The summed E-state index contributed by atoms with van der Waals surface area (Å²) in [4.78, 5) is 40.6. The van der Waals surface area contributed by atoms with Gasteiger partial charge in [0.15, 0.2) is 11.3 Å². The molecule has 1 fully saturated rings. The lowest BCUT2D eigenvalue weighted by atomic mass is 9.79. The average molecular weight is 412 g/mol. The van der Waals surface area contributed by atoms with E-state index in [0.717, 1.165) is 16.0 Å². The van der Waals surface area contributed by atoms with Gasteiger partial charge in [-0.2, -0.15) is 5.10 Å². The highest BCUT2D eigenvalue weighted by atomic mass is 35.5. The molecule has 0 aromatic heterocycles. The van der Waals surface area contributed by atoms with E-state index in [4.69, 9.17) is 16.3 Å². The number of aryl methyl sites for hydroxylation is 1. The zero-order valence-corrected chi connectivity index (χ0v) is 16.8. The molecular weight excluding hydrogens is 394 g/mol. The smallest absolute Gasteiger partial charge is 0.355 e. The van der Waals surface area contributed by atoms with E-state index in [0.29, 0.717) is 16.3 Å². The first-order valence-corrected chi connectivity index (χ1v) is 9.34. The quantitative estimate of drug-likeness (QED) is 0.619. The molecule has 2 heterocycles. The fourth-order valence-corrected chi connectivity index (χ4v) is 4.03. The highest BCUT2D eigenvalue weighted by Crippen LogP contribution is 2.45. The number of esters is 1. The van der Waals surface area contributed by atoms with Crippen LogP contribution in [-0.4, -0.2) is 30.6 Å². The molecule has 7 nitrogen and oxygen atoms in total. The van der Waals surface area contributed by atoms with Crippen LogP contribution < -0.4 is 10.3 Å². The average Bonchev–Trinajstić information content (AvgIpc) is 3.21. The van der Waals surface area contributed by atoms with E-state index >= 15 is 0 Å². The number of nitrogens with zero attached hydrogens (tertiary/aromatic N) is 2. The van der Waals surface area contributed by atoms with Crippen molar-refractivity contribution >= 4 is 40.8 Å². The molecule has 1 saturated heterocycles. The molecular formula is C21H18ClN3O4. The lowest BCUT2D eigenvalue weighted by Crippen LogP contribution is -2.48. The van der Waals surface area contributed by atoms with Gasteiger partial charge in [-0.25, -0.2) is 9.69 Å². The molecule has 0 spiro atoms. The number of ether oxygens (including phenoxy) is 1. The van der Waals surface area contributed by atoms with Crippen molar-refractivity contribution in [3.05, 3.63) is 64.2 Å². The summed E-state index contributed by atoms with van der Waals surface area (Å²) in [5, 5.41) is 4.50. The Labute approximate surface area is 172 Å². The molecule has 0 unspecified atom stereocenters. The first-order valence-electron chi connectivity index (χ1n) is 8.96. The Morgan fingerprint density at radius 2 is 1.86 bits per heavy atom. The van der Waals surface area contributed by atoms with Crippen LogP contribution in [0, 0.1) is 19.8 Å². The first-order chi connectivity index (χ1) is 13.8. The van der Waals surface area contributed by atoms with Gasteiger partial charge >= 0.3 is 5.97 Å². The monoisotopic (exact) mass is 411 g/mol. The number of carbonyl (C=O) groups is 3. The fraction of sp³-hybridized carbons (Fsp3) is 0.238. The lowest BCUT2D eigenvalue weighted by Gasteiger charge is -2.26. The zero-order valence-electron chi connectivity index (χ0n) is 16.0. The molecule has 2 amide bonds. The summed E-state index contributed by atoms with van der Waals surface area (Å²) in [5.74, 6) is -2.95. The molecule has 8 heteroatoms. The maximum absolute atomic E-state index is 13.7. The van der Waals surface area contributed by atoms with Crippen LogP contribution in [0.1, 0.15) is 16.7 Å². The van der Waals surface area contributed by atoms with Crippen molar-refractivity contribution in [2.75, 3.05) is 12.0 Å². The number of nitrogens with one attached hydrogen (secondary N) is 1. The van der Waals surface area contributed by atoms with Crippen molar-refractivity contribution in [3.63, 3.8) is 0 Å². The third-order valence-electron chi connectivity index (χ3n) is 5.58. The van der Waals surface area contributed by atoms with Crippen LogP contribution >= 0.6 is 11.6 Å². The molecule has 0 bridgehead atoms. The van der Waals surface area contributed by atoms with Crippen molar-refractivity contribution in [1.82, 2.24) is 5.43 Å². The summed E-state index contributed by atoms with van der Waals surface area (Å²) in [6.45, 7) is 3.75.